The minimum Gasteiger partial charge on any atom is -0.366 e. The van der Waals surface area contributed by atoms with E-state index in [-0.39, 0.29) is 0 Å². The van der Waals surface area contributed by atoms with Crippen LogP contribution in [0.1, 0.15) is 39.5 Å². The van der Waals surface area contributed by atoms with Crippen LogP contribution in [0.5, 0.6) is 0 Å². The SMILES string of the molecule is Cn1ccc(N[C@@H]2CCCC(C)(C)C2)n1. The molecule has 1 aromatic rings. The molecule has 1 aliphatic rings. The number of hydrogen-bond acceptors (Lipinski definition) is 2. The quantitative estimate of drug-likeness (QED) is 0.808. The Balaban J connectivity index is 1.95. The molecule has 0 saturated heterocycles. The molecule has 84 valence electrons. The Kier molecular flexibility index (Phi) is 2.72. The number of aromatic nitrogens is 2. The summed E-state index contributed by atoms with van der Waals surface area (Å²) in [5.41, 5.74) is 0.491. The van der Waals surface area contributed by atoms with Gasteiger partial charge in [-0.3, -0.25) is 4.68 Å². The second-order valence-electron chi connectivity index (χ2n) is 5.48. The standard InChI is InChI=1S/C12H21N3/c1-12(2)7-4-5-10(9-12)13-11-6-8-15(3)14-11/h6,8,10H,4-5,7,9H2,1-3H3,(H,13,14)/t10-/m1/s1. The molecule has 2 rings (SSSR count). The average molecular weight is 207 g/mol. The lowest BCUT2D eigenvalue weighted by molar-refractivity contribution is 0.229. The van der Waals surface area contributed by atoms with Crippen LogP contribution in [0.15, 0.2) is 12.3 Å². The van der Waals surface area contributed by atoms with Gasteiger partial charge in [0, 0.05) is 25.4 Å². The summed E-state index contributed by atoms with van der Waals surface area (Å²) < 4.78 is 1.84. The molecule has 1 aliphatic carbocycles. The first-order valence-corrected chi connectivity index (χ1v) is 5.81. The first-order valence-electron chi connectivity index (χ1n) is 5.81. The summed E-state index contributed by atoms with van der Waals surface area (Å²) in [6, 6.07) is 2.64. The smallest absolute Gasteiger partial charge is 0.148 e. The summed E-state index contributed by atoms with van der Waals surface area (Å²) in [5, 5.41) is 7.88. The van der Waals surface area contributed by atoms with Crippen molar-refractivity contribution in [2.45, 2.75) is 45.6 Å². The molecule has 1 fully saturated rings. The van der Waals surface area contributed by atoms with E-state index in [9.17, 15) is 0 Å². The highest BCUT2D eigenvalue weighted by atomic mass is 15.3. The Morgan fingerprint density at radius 3 is 2.93 bits per heavy atom. The molecule has 0 aromatic carbocycles. The van der Waals surface area contributed by atoms with Gasteiger partial charge in [-0.1, -0.05) is 20.3 Å². The Bertz CT molecular complexity index is 327. The minimum absolute atomic E-state index is 0.491. The first-order chi connectivity index (χ1) is 7.05. The summed E-state index contributed by atoms with van der Waals surface area (Å²) in [7, 11) is 1.95. The van der Waals surface area contributed by atoms with Crippen molar-refractivity contribution in [2.24, 2.45) is 12.5 Å². The molecule has 1 saturated carbocycles. The maximum absolute atomic E-state index is 4.36. The Morgan fingerprint density at radius 1 is 1.53 bits per heavy atom. The van der Waals surface area contributed by atoms with E-state index in [1.165, 1.54) is 25.7 Å². The van der Waals surface area contributed by atoms with Crippen LogP contribution in [0.3, 0.4) is 0 Å². The maximum atomic E-state index is 4.36. The Hall–Kier alpha value is -0.990. The number of nitrogens with one attached hydrogen (secondary N) is 1. The molecule has 15 heavy (non-hydrogen) atoms. The third kappa shape index (κ3) is 2.74. The Morgan fingerprint density at radius 2 is 2.33 bits per heavy atom. The number of hydrogen-bond donors (Lipinski definition) is 1. The molecular weight excluding hydrogens is 186 g/mol. The fourth-order valence-electron chi connectivity index (χ4n) is 2.52. The molecule has 0 unspecified atom stereocenters. The molecule has 1 N–H and O–H groups in total. The van der Waals surface area contributed by atoms with Crippen LogP contribution in [0, 0.1) is 5.41 Å². The largest absolute Gasteiger partial charge is 0.366 e. The van der Waals surface area contributed by atoms with Crippen molar-refractivity contribution in [2.75, 3.05) is 5.32 Å². The van der Waals surface area contributed by atoms with Crippen LogP contribution in [-0.4, -0.2) is 15.8 Å². The van der Waals surface area contributed by atoms with Crippen LogP contribution in [-0.2, 0) is 7.05 Å². The van der Waals surface area contributed by atoms with Gasteiger partial charge in [0.15, 0.2) is 0 Å². The van der Waals surface area contributed by atoms with Gasteiger partial charge in [-0.2, -0.15) is 5.10 Å². The van der Waals surface area contributed by atoms with E-state index in [1.807, 2.05) is 24.0 Å². The van der Waals surface area contributed by atoms with Crippen LogP contribution in [0.2, 0.25) is 0 Å². The number of aryl methyl sites for hydroxylation is 1. The zero-order valence-corrected chi connectivity index (χ0v) is 9.95. The third-order valence-electron chi connectivity index (χ3n) is 3.27. The normalized spacial score (nSPS) is 25.1. The van der Waals surface area contributed by atoms with Crippen LogP contribution < -0.4 is 5.32 Å². The van der Waals surface area contributed by atoms with Gasteiger partial charge in [-0.15, -0.1) is 0 Å². The predicted molar refractivity (Wildman–Crippen MR) is 62.9 cm³/mol. The fraction of sp³-hybridized carbons (Fsp3) is 0.750. The zero-order valence-electron chi connectivity index (χ0n) is 9.95. The van der Waals surface area contributed by atoms with Crippen molar-refractivity contribution in [3.63, 3.8) is 0 Å². The number of nitrogens with zero attached hydrogens (tertiary/aromatic N) is 2. The van der Waals surface area contributed by atoms with Gasteiger partial charge in [0.2, 0.25) is 0 Å². The molecule has 3 heteroatoms. The molecule has 0 bridgehead atoms. The maximum Gasteiger partial charge on any atom is 0.148 e. The van der Waals surface area contributed by atoms with E-state index in [1.54, 1.807) is 0 Å². The van der Waals surface area contributed by atoms with Crippen molar-refractivity contribution in [3.05, 3.63) is 12.3 Å². The molecule has 0 aliphatic heterocycles. The van der Waals surface area contributed by atoms with Gasteiger partial charge in [-0.05, 0) is 24.7 Å². The molecule has 0 amide bonds. The highest BCUT2D eigenvalue weighted by Crippen LogP contribution is 2.36. The van der Waals surface area contributed by atoms with Crippen molar-refractivity contribution < 1.29 is 0 Å². The Labute approximate surface area is 91.9 Å². The monoisotopic (exact) mass is 207 g/mol. The number of anilines is 1. The van der Waals surface area contributed by atoms with Crippen molar-refractivity contribution in [3.8, 4) is 0 Å². The molecule has 1 atom stereocenters. The number of rotatable bonds is 2. The topological polar surface area (TPSA) is 29.9 Å². The van der Waals surface area contributed by atoms with Crippen LogP contribution >= 0.6 is 0 Å². The van der Waals surface area contributed by atoms with E-state index >= 15 is 0 Å². The molecule has 3 nitrogen and oxygen atoms in total. The zero-order chi connectivity index (χ0) is 10.9. The highest BCUT2D eigenvalue weighted by Gasteiger charge is 2.27. The van der Waals surface area contributed by atoms with Crippen LogP contribution in [0.4, 0.5) is 5.82 Å². The van der Waals surface area contributed by atoms with Gasteiger partial charge in [0.25, 0.3) is 0 Å². The lowest BCUT2D eigenvalue weighted by Gasteiger charge is -2.35. The summed E-state index contributed by atoms with van der Waals surface area (Å²) in [6.07, 6.45) is 7.20. The summed E-state index contributed by atoms with van der Waals surface area (Å²) in [4.78, 5) is 0. The summed E-state index contributed by atoms with van der Waals surface area (Å²) >= 11 is 0. The van der Waals surface area contributed by atoms with E-state index in [0.29, 0.717) is 11.5 Å². The van der Waals surface area contributed by atoms with Crippen LogP contribution in [0.25, 0.3) is 0 Å². The molecule has 1 aromatic heterocycles. The van der Waals surface area contributed by atoms with E-state index in [2.05, 4.69) is 24.3 Å². The molecule has 1 heterocycles. The molecular formula is C12H21N3. The van der Waals surface area contributed by atoms with Gasteiger partial charge < -0.3 is 5.32 Å². The van der Waals surface area contributed by atoms with Gasteiger partial charge in [0.1, 0.15) is 5.82 Å². The van der Waals surface area contributed by atoms with Gasteiger partial charge in [0.05, 0.1) is 0 Å². The molecule has 0 radical (unpaired) electrons. The van der Waals surface area contributed by atoms with Crippen molar-refractivity contribution in [1.29, 1.82) is 0 Å². The van der Waals surface area contributed by atoms with E-state index in [4.69, 9.17) is 0 Å². The van der Waals surface area contributed by atoms with Gasteiger partial charge in [-0.25, -0.2) is 0 Å². The first kappa shape index (κ1) is 10.5. The summed E-state index contributed by atoms with van der Waals surface area (Å²) in [5.74, 6) is 1.01. The van der Waals surface area contributed by atoms with E-state index < -0.39 is 0 Å². The predicted octanol–water partition coefficient (Wildman–Crippen LogP) is 2.80. The van der Waals surface area contributed by atoms with Crippen molar-refractivity contribution in [1.82, 2.24) is 9.78 Å². The fourth-order valence-corrected chi connectivity index (χ4v) is 2.52. The van der Waals surface area contributed by atoms with Crippen molar-refractivity contribution >= 4 is 5.82 Å². The summed E-state index contributed by atoms with van der Waals surface area (Å²) in [6.45, 7) is 4.72. The molecule has 0 spiro atoms. The second-order valence-corrected chi connectivity index (χ2v) is 5.48. The second kappa shape index (κ2) is 3.87. The van der Waals surface area contributed by atoms with Gasteiger partial charge >= 0.3 is 0 Å². The lowest BCUT2D eigenvalue weighted by atomic mass is 9.75. The highest BCUT2D eigenvalue weighted by molar-refractivity contribution is 5.33. The average Bonchev–Trinajstić information content (AvgIpc) is 2.49. The minimum atomic E-state index is 0.491. The van der Waals surface area contributed by atoms with E-state index in [0.717, 1.165) is 5.82 Å². The third-order valence-corrected chi connectivity index (χ3v) is 3.27. The lowest BCUT2D eigenvalue weighted by Crippen LogP contribution is -2.31.